The van der Waals surface area contributed by atoms with Gasteiger partial charge in [-0.3, -0.25) is 0 Å². The maximum absolute atomic E-state index is 8.11. The van der Waals surface area contributed by atoms with Crippen LogP contribution in [0.2, 0.25) is 0 Å². The SMILES string of the molecule is C=COC=C.CCCC(O)O.OCCO. The Morgan fingerprint density at radius 2 is 1.53 bits per heavy atom. The lowest BCUT2D eigenvalue weighted by molar-refractivity contribution is -0.0453. The average molecular weight is 222 g/mol. The number of hydrogen-bond donors (Lipinski definition) is 4. The molecule has 0 heterocycles. The van der Waals surface area contributed by atoms with Crippen LogP contribution in [0.4, 0.5) is 0 Å². The highest BCUT2D eigenvalue weighted by Gasteiger charge is 1.89. The molecule has 0 unspecified atom stereocenters. The summed E-state index contributed by atoms with van der Waals surface area (Å²) >= 11 is 0. The Kier molecular flexibility index (Phi) is 30.4. The fourth-order valence-electron chi connectivity index (χ4n) is 0.326. The van der Waals surface area contributed by atoms with Gasteiger partial charge in [-0.25, -0.2) is 0 Å². The van der Waals surface area contributed by atoms with Crippen LogP contribution >= 0.6 is 0 Å². The fourth-order valence-corrected chi connectivity index (χ4v) is 0.326. The van der Waals surface area contributed by atoms with Crippen LogP contribution in [-0.2, 0) is 4.74 Å². The van der Waals surface area contributed by atoms with E-state index in [9.17, 15) is 0 Å². The molecular formula is C10H22O5. The van der Waals surface area contributed by atoms with Crippen molar-refractivity contribution in [2.24, 2.45) is 0 Å². The Bertz CT molecular complexity index is 106. The van der Waals surface area contributed by atoms with Crippen LogP contribution in [0.3, 0.4) is 0 Å². The molecule has 0 aliphatic rings. The molecule has 0 saturated heterocycles. The molecule has 0 amide bonds. The van der Waals surface area contributed by atoms with Gasteiger partial charge >= 0.3 is 0 Å². The zero-order valence-electron chi connectivity index (χ0n) is 9.17. The van der Waals surface area contributed by atoms with E-state index in [1.165, 1.54) is 12.5 Å². The summed E-state index contributed by atoms with van der Waals surface area (Å²) in [7, 11) is 0. The summed E-state index contributed by atoms with van der Waals surface area (Å²) in [5.41, 5.74) is 0. The molecule has 92 valence electrons. The number of aliphatic hydroxyl groups excluding tert-OH is 3. The van der Waals surface area contributed by atoms with Crippen molar-refractivity contribution in [3.8, 4) is 0 Å². The van der Waals surface area contributed by atoms with E-state index in [0.29, 0.717) is 6.42 Å². The van der Waals surface area contributed by atoms with Crippen molar-refractivity contribution in [3.05, 3.63) is 25.7 Å². The summed E-state index contributed by atoms with van der Waals surface area (Å²) in [6, 6.07) is 0. The minimum Gasteiger partial charge on any atom is -0.474 e. The van der Waals surface area contributed by atoms with Gasteiger partial charge in [-0.15, -0.1) is 0 Å². The van der Waals surface area contributed by atoms with Crippen molar-refractivity contribution in [2.45, 2.75) is 26.1 Å². The van der Waals surface area contributed by atoms with Gasteiger partial charge in [0.2, 0.25) is 0 Å². The normalized spacial score (nSPS) is 7.87. The molecule has 15 heavy (non-hydrogen) atoms. The standard InChI is InChI=1S/C4H10O2.C4H6O.C2H6O2/c1-2-3-4(5)6;1-3-5-4-2;3-1-2-4/h4-6H,2-3H2,1H3;3-4H,1-2H2;3-4H,1-2H2. The van der Waals surface area contributed by atoms with Gasteiger partial charge in [0.15, 0.2) is 6.29 Å². The second-order valence-corrected chi connectivity index (χ2v) is 2.19. The van der Waals surface area contributed by atoms with Crippen molar-refractivity contribution >= 4 is 0 Å². The Labute approximate surface area is 90.9 Å². The van der Waals surface area contributed by atoms with Crippen LogP contribution in [-0.4, -0.2) is 39.9 Å². The first-order valence-corrected chi connectivity index (χ1v) is 4.55. The summed E-state index contributed by atoms with van der Waals surface area (Å²) in [5.74, 6) is 0. The molecule has 0 radical (unpaired) electrons. The first-order chi connectivity index (χ1) is 7.10. The van der Waals surface area contributed by atoms with Crippen LogP contribution in [0.1, 0.15) is 19.8 Å². The van der Waals surface area contributed by atoms with Gasteiger partial charge in [-0.2, -0.15) is 0 Å². The summed E-state index contributed by atoms with van der Waals surface area (Å²) in [4.78, 5) is 0. The van der Waals surface area contributed by atoms with E-state index in [-0.39, 0.29) is 13.2 Å². The minimum atomic E-state index is -1.10. The fraction of sp³-hybridized carbons (Fsp3) is 0.600. The Morgan fingerprint density at radius 1 is 1.13 bits per heavy atom. The van der Waals surface area contributed by atoms with Crippen LogP contribution in [0.15, 0.2) is 25.7 Å². The molecule has 5 heteroatoms. The van der Waals surface area contributed by atoms with Crippen molar-refractivity contribution < 1.29 is 25.2 Å². The Balaban J connectivity index is -0.000000147. The predicted molar refractivity (Wildman–Crippen MR) is 58.8 cm³/mol. The topological polar surface area (TPSA) is 90.2 Å². The highest BCUT2D eigenvalue weighted by Crippen LogP contribution is 1.88. The minimum absolute atomic E-state index is 0.125. The summed E-state index contributed by atoms with van der Waals surface area (Å²) in [6.45, 7) is 8.17. The van der Waals surface area contributed by atoms with E-state index in [2.05, 4.69) is 17.9 Å². The smallest absolute Gasteiger partial charge is 0.151 e. The zero-order chi connectivity index (χ0) is 12.5. The van der Waals surface area contributed by atoms with E-state index in [0.717, 1.165) is 6.42 Å². The average Bonchev–Trinajstić information content (AvgIpc) is 2.20. The van der Waals surface area contributed by atoms with Crippen molar-refractivity contribution in [1.29, 1.82) is 0 Å². The van der Waals surface area contributed by atoms with Gasteiger partial charge in [0, 0.05) is 0 Å². The van der Waals surface area contributed by atoms with Gasteiger partial charge in [0.25, 0.3) is 0 Å². The molecule has 4 N–H and O–H groups in total. The molecule has 0 aromatic carbocycles. The second-order valence-electron chi connectivity index (χ2n) is 2.19. The van der Waals surface area contributed by atoms with Gasteiger partial charge in [0.1, 0.15) is 0 Å². The molecule has 0 saturated carbocycles. The number of aliphatic hydroxyl groups is 4. The van der Waals surface area contributed by atoms with Crippen LogP contribution < -0.4 is 0 Å². The van der Waals surface area contributed by atoms with Gasteiger partial charge < -0.3 is 25.2 Å². The highest BCUT2D eigenvalue weighted by atomic mass is 16.5. The number of hydrogen-bond acceptors (Lipinski definition) is 5. The Hall–Kier alpha value is -0.880. The molecular weight excluding hydrogens is 200 g/mol. The van der Waals surface area contributed by atoms with Crippen molar-refractivity contribution in [2.75, 3.05) is 13.2 Å². The van der Waals surface area contributed by atoms with Crippen molar-refractivity contribution in [3.63, 3.8) is 0 Å². The number of ether oxygens (including phenoxy) is 1. The molecule has 0 aromatic heterocycles. The summed E-state index contributed by atoms with van der Waals surface area (Å²) in [5, 5.41) is 31.5. The Morgan fingerprint density at radius 3 is 1.53 bits per heavy atom. The van der Waals surface area contributed by atoms with Crippen LogP contribution in [0.25, 0.3) is 0 Å². The van der Waals surface area contributed by atoms with E-state index < -0.39 is 6.29 Å². The van der Waals surface area contributed by atoms with E-state index >= 15 is 0 Å². The van der Waals surface area contributed by atoms with E-state index in [1.807, 2.05) is 6.92 Å². The van der Waals surface area contributed by atoms with Gasteiger partial charge in [0.05, 0.1) is 25.7 Å². The zero-order valence-corrected chi connectivity index (χ0v) is 9.17. The highest BCUT2D eigenvalue weighted by molar-refractivity contribution is 4.57. The first kappa shape index (κ1) is 19.7. The third-order valence-electron chi connectivity index (χ3n) is 0.839. The van der Waals surface area contributed by atoms with E-state index in [1.54, 1.807) is 0 Å². The molecule has 0 spiro atoms. The largest absolute Gasteiger partial charge is 0.474 e. The maximum atomic E-state index is 8.11. The molecule has 0 aliphatic heterocycles. The third-order valence-corrected chi connectivity index (χ3v) is 0.839. The number of rotatable bonds is 5. The quantitative estimate of drug-likeness (QED) is 0.398. The predicted octanol–water partition coefficient (Wildman–Crippen LogP) is 0.358. The molecule has 0 fully saturated rings. The van der Waals surface area contributed by atoms with E-state index in [4.69, 9.17) is 20.4 Å². The third kappa shape index (κ3) is 61.9. The summed E-state index contributed by atoms with van der Waals surface area (Å²) in [6.07, 6.45) is 2.84. The lowest BCUT2D eigenvalue weighted by atomic mass is 10.3. The van der Waals surface area contributed by atoms with Gasteiger partial charge in [-0.1, -0.05) is 26.5 Å². The molecule has 0 atom stereocenters. The summed E-state index contributed by atoms with van der Waals surface area (Å²) < 4.78 is 4.36. The first-order valence-electron chi connectivity index (χ1n) is 4.55. The molecule has 0 rings (SSSR count). The molecule has 0 bridgehead atoms. The lowest BCUT2D eigenvalue weighted by Crippen LogP contribution is -2.01. The van der Waals surface area contributed by atoms with Crippen LogP contribution in [0, 0.1) is 0 Å². The monoisotopic (exact) mass is 222 g/mol. The molecule has 0 aliphatic carbocycles. The van der Waals surface area contributed by atoms with Crippen LogP contribution in [0.5, 0.6) is 0 Å². The molecule has 5 nitrogen and oxygen atoms in total. The maximum Gasteiger partial charge on any atom is 0.151 e. The van der Waals surface area contributed by atoms with Gasteiger partial charge in [-0.05, 0) is 6.42 Å². The lowest BCUT2D eigenvalue weighted by Gasteiger charge is -1.94. The second kappa shape index (κ2) is 23.2. The van der Waals surface area contributed by atoms with Crippen molar-refractivity contribution in [1.82, 2.24) is 0 Å². The molecule has 0 aromatic rings.